The molecule has 1 saturated heterocycles. The van der Waals surface area contributed by atoms with Crippen molar-refractivity contribution >= 4 is 17.3 Å². The van der Waals surface area contributed by atoms with E-state index in [1.54, 1.807) is 12.5 Å². The predicted octanol–water partition coefficient (Wildman–Crippen LogP) is 3.20. The van der Waals surface area contributed by atoms with Crippen molar-refractivity contribution in [2.45, 2.75) is 18.9 Å². The largest absolute Gasteiger partial charge is 0.369 e. The van der Waals surface area contributed by atoms with Crippen LogP contribution in [0.1, 0.15) is 18.9 Å². The lowest BCUT2D eigenvalue weighted by atomic mass is 10.0. The fraction of sp³-hybridized carbons (Fsp3) is 0.278. The molecule has 1 aliphatic heterocycles. The van der Waals surface area contributed by atoms with Gasteiger partial charge in [0.25, 0.3) is 5.56 Å². The van der Waals surface area contributed by atoms with Gasteiger partial charge >= 0.3 is 0 Å². The van der Waals surface area contributed by atoms with Crippen molar-refractivity contribution in [1.29, 1.82) is 0 Å². The van der Waals surface area contributed by atoms with Crippen LogP contribution in [0.15, 0.2) is 47.9 Å². The Hall–Kier alpha value is -2.74. The average Bonchev–Trinajstić information content (AvgIpc) is 3.20. The molecule has 4 rings (SSSR count). The van der Waals surface area contributed by atoms with Gasteiger partial charge in [0.15, 0.2) is 5.82 Å². The molecular weight excluding hydrogens is 376 g/mol. The molecule has 0 saturated carbocycles. The van der Waals surface area contributed by atoms with Crippen LogP contribution in [0, 0.1) is 11.6 Å². The third-order valence-corrected chi connectivity index (χ3v) is 5.15. The summed E-state index contributed by atoms with van der Waals surface area (Å²) in [6.45, 7) is 1.41. The molecule has 0 amide bonds. The molecule has 0 radical (unpaired) electrons. The maximum Gasteiger partial charge on any atom is 0.292 e. The quantitative estimate of drug-likeness (QED) is 0.688. The third-order valence-electron chi connectivity index (χ3n) is 4.79. The number of piperidine rings is 1. The van der Waals surface area contributed by atoms with E-state index in [0.29, 0.717) is 30.9 Å². The fourth-order valence-corrected chi connectivity index (χ4v) is 3.61. The molecule has 3 aromatic rings. The topological polar surface area (TPSA) is 56.0 Å². The second-order valence-electron chi connectivity index (χ2n) is 6.38. The summed E-state index contributed by atoms with van der Waals surface area (Å²) in [5, 5.41) is 4.01. The van der Waals surface area contributed by atoms with Crippen molar-refractivity contribution in [3.05, 3.63) is 70.1 Å². The van der Waals surface area contributed by atoms with Crippen LogP contribution >= 0.6 is 11.6 Å². The van der Waals surface area contributed by atoms with E-state index in [-0.39, 0.29) is 10.7 Å². The minimum atomic E-state index is -0.880. The molecule has 9 heteroatoms. The van der Waals surface area contributed by atoms with Gasteiger partial charge in [0, 0.05) is 37.6 Å². The first-order valence-corrected chi connectivity index (χ1v) is 8.88. The molecule has 2 aromatic heterocycles. The van der Waals surface area contributed by atoms with Gasteiger partial charge in [-0.25, -0.2) is 13.8 Å². The van der Waals surface area contributed by atoms with Gasteiger partial charge in [-0.3, -0.25) is 4.79 Å². The van der Waals surface area contributed by atoms with Crippen LogP contribution in [-0.4, -0.2) is 32.4 Å². The van der Waals surface area contributed by atoms with Gasteiger partial charge in [-0.05, 0) is 25.0 Å². The van der Waals surface area contributed by atoms with Crippen LogP contribution in [0.2, 0.25) is 5.02 Å². The lowest BCUT2D eigenvalue weighted by Gasteiger charge is -2.34. The molecule has 1 aliphatic rings. The molecule has 0 spiro atoms. The number of anilines is 1. The van der Waals surface area contributed by atoms with E-state index >= 15 is 0 Å². The lowest BCUT2D eigenvalue weighted by Crippen LogP contribution is -2.36. The number of benzene rings is 1. The Morgan fingerprint density at radius 1 is 1.15 bits per heavy atom. The Bertz CT molecular complexity index is 1010. The molecule has 1 aromatic carbocycles. The Balaban J connectivity index is 1.59. The second-order valence-corrected chi connectivity index (χ2v) is 6.76. The Morgan fingerprint density at radius 3 is 2.59 bits per heavy atom. The normalized spacial score (nSPS) is 15.3. The smallest absolute Gasteiger partial charge is 0.292 e. The van der Waals surface area contributed by atoms with Crippen LogP contribution in [0.25, 0.3) is 5.69 Å². The van der Waals surface area contributed by atoms with E-state index in [1.165, 1.54) is 6.20 Å². The van der Waals surface area contributed by atoms with Crippen molar-refractivity contribution in [1.82, 2.24) is 19.3 Å². The van der Waals surface area contributed by atoms with Gasteiger partial charge in [0.05, 0.1) is 18.2 Å². The highest BCUT2D eigenvalue weighted by atomic mass is 35.5. The first-order valence-electron chi connectivity index (χ1n) is 8.50. The van der Waals surface area contributed by atoms with Crippen molar-refractivity contribution in [3.63, 3.8) is 0 Å². The number of aromatic nitrogens is 4. The number of imidazole rings is 1. The molecule has 140 valence electrons. The summed E-state index contributed by atoms with van der Waals surface area (Å²) in [4.78, 5) is 18.7. The Morgan fingerprint density at radius 2 is 1.93 bits per heavy atom. The maximum atomic E-state index is 14.0. The molecule has 0 N–H and O–H groups in total. The molecule has 6 nitrogen and oxygen atoms in total. The minimum Gasteiger partial charge on any atom is -0.369 e. The zero-order valence-electron chi connectivity index (χ0n) is 14.2. The molecule has 0 atom stereocenters. The zero-order chi connectivity index (χ0) is 19.0. The molecule has 3 heterocycles. The van der Waals surface area contributed by atoms with E-state index in [2.05, 4.69) is 14.6 Å². The molecule has 0 unspecified atom stereocenters. The van der Waals surface area contributed by atoms with Gasteiger partial charge in [0.1, 0.15) is 16.5 Å². The van der Waals surface area contributed by atoms with E-state index in [4.69, 9.17) is 11.6 Å². The number of rotatable bonds is 3. The van der Waals surface area contributed by atoms with E-state index < -0.39 is 17.2 Å². The number of nitrogens with zero attached hydrogens (tertiary/aromatic N) is 5. The number of hydrogen-bond donors (Lipinski definition) is 0. The highest BCUT2D eigenvalue weighted by molar-refractivity contribution is 6.33. The minimum absolute atomic E-state index is 0.0326. The van der Waals surface area contributed by atoms with E-state index in [0.717, 1.165) is 29.7 Å². The fourth-order valence-electron chi connectivity index (χ4n) is 3.36. The predicted molar refractivity (Wildman–Crippen MR) is 97.5 cm³/mol. The van der Waals surface area contributed by atoms with Crippen LogP contribution < -0.4 is 10.5 Å². The van der Waals surface area contributed by atoms with Crippen LogP contribution in [0.3, 0.4) is 0 Å². The monoisotopic (exact) mass is 391 g/mol. The van der Waals surface area contributed by atoms with Gasteiger partial charge in [-0.2, -0.15) is 9.78 Å². The SMILES string of the molecule is O=c1c(Cl)c(N2CCC(n3ccnc3)CC2)cnn1-c1ccc(F)cc1F. The zero-order valence-corrected chi connectivity index (χ0v) is 15.0. The summed E-state index contributed by atoms with van der Waals surface area (Å²) in [7, 11) is 0. The van der Waals surface area contributed by atoms with Gasteiger partial charge < -0.3 is 9.47 Å². The van der Waals surface area contributed by atoms with Crippen molar-refractivity contribution in [2.75, 3.05) is 18.0 Å². The highest BCUT2D eigenvalue weighted by Crippen LogP contribution is 2.29. The standard InChI is InChI=1S/C18H16ClF2N5O/c19-17-16(24-6-3-13(4-7-24)25-8-5-22-11-25)10-23-26(18(17)27)15-2-1-12(20)9-14(15)21/h1-2,5,8-11,13H,3-4,6-7H2. The van der Waals surface area contributed by atoms with Crippen molar-refractivity contribution in [2.24, 2.45) is 0 Å². The van der Waals surface area contributed by atoms with E-state index in [1.807, 2.05) is 11.1 Å². The third kappa shape index (κ3) is 3.32. The van der Waals surface area contributed by atoms with Gasteiger partial charge in [-0.1, -0.05) is 11.6 Å². The summed E-state index contributed by atoms with van der Waals surface area (Å²) < 4.78 is 30.0. The summed E-state index contributed by atoms with van der Waals surface area (Å²) in [5.41, 5.74) is -0.269. The van der Waals surface area contributed by atoms with Gasteiger partial charge in [-0.15, -0.1) is 0 Å². The Kier molecular flexibility index (Phi) is 4.65. The lowest BCUT2D eigenvalue weighted by molar-refractivity contribution is 0.395. The first kappa shape index (κ1) is 17.7. The first-order chi connectivity index (χ1) is 13.0. The summed E-state index contributed by atoms with van der Waals surface area (Å²) in [6.07, 6.45) is 8.69. The van der Waals surface area contributed by atoms with Crippen molar-refractivity contribution < 1.29 is 8.78 Å². The second kappa shape index (κ2) is 7.11. The van der Waals surface area contributed by atoms with Crippen molar-refractivity contribution in [3.8, 4) is 5.69 Å². The van der Waals surface area contributed by atoms with E-state index in [9.17, 15) is 13.6 Å². The molecule has 1 fully saturated rings. The summed E-state index contributed by atoms with van der Waals surface area (Å²) >= 11 is 6.27. The van der Waals surface area contributed by atoms with Gasteiger partial charge in [0.2, 0.25) is 0 Å². The molecule has 27 heavy (non-hydrogen) atoms. The Labute approximate surface area is 158 Å². The molecule has 0 aliphatic carbocycles. The summed E-state index contributed by atoms with van der Waals surface area (Å²) in [5.74, 6) is -1.61. The average molecular weight is 392 g/mol. The number of hydrogen-bond acceptors (Lipinski definition) is 4. The molecule has 0 bridgehead atoms. The number of halogens is 3. The molecular formula is C18H16ClF2N5O. The van der Waals surface area contributed by atoms with Crippen LogP contribution in [0.5, 0.6) is 0 Å². The van der Waals surface area contributed by atoms with Crippen LogP contribution in [0.4, 0.5) is 14.5 Å². The highest BCUT2D eigenvalue weighted by Gasteiger charge is 2.24. The van der Waals surface area contributed by atoms with Crippen LogP contribution in [-0.2, 0) is 0 Å². The summed E-state index contributed by atoms with van der Waals surface area (Å²) in [6, 6.07) is 3.27. The maximum absolute atomic E-state index is 14.0.